The number of guanidine groups is 1. The quantitative estimate of drug-likeness (QED) is 0.366. The van der Waals surface area contributed by atoms with Gasteiger partial charge in [-0.1, -0.05) is 43.3 Å². The number of nitrogens with zero attached hydrogens (tertiary/aromatic N) is 2. The molecule has 1 unspecified atom stereocenters. The van der Waals surface area contributed by atoms with Crippen molar-refractivity contribution >= 4 is 17.7 Å². The first-order valence-corrected chi connectivity index (χ1v) is 9.78. The second-order valence-corrected chi connectivity index (χ2v) is 7.57. The molecule has 3 aromatic rings. The molecule has 0 fully saturated rings. The maximum Gasteiger partial charge on any atom is 0.226 e. The fourth-order valence-electron chi connectivity index (χ4n) is 2.51. The maximum atomic E-state index is 5.57. The van der Waals surface area contributed by atoms with Crippen LogP contribution in [0.15, 0.2) is 81.2 Å². The van der Waals surface area contributed by atoms with Crippen LogP contribution in [-0.4, -0.2) is 29.8 Å². The van der Waals surface area contributed by atoms with E-state index in [1.807, 2.05) is 48.2 Å². The fraction of sp³-hybridized carbons (Fsp3) is 0.238. The van der Waals surface area contributed by atoms with Gasteiger partial charge in [0.25, 0.3) is 0 Å². The molecule has 0 spiro atoms. The van der Waals surface area contributed by atoms with Gasteiger partial charge in [-0.2, -0.15) is 0 Å². The molecule has 0 radical (unpaired) electrons. The average molecular weight is 381 g/mol. The van der Waals surface area contributed by atoms with Crippen molar-refractivity contribution in [1.29, 1.82) is 0 Å². The van der Waals surface area contributed by atoms with Crippen molar-refractivity contribution in [2.24, 2.45) is 4.99 Å². The number of oxazole rings is 1. The van der Waals surface area contributed by atoms with E-state index in [2.05, 4.69) is 51.8 Å². The van der Waals surface area contributed by atoms with Crippen molar-refractivity contribution in [1.82, 2.24) is 15.6 Å². The van der Waals surface area contributed by atoms with Crippen LogP contribution in [0.3, 0.4) is 0 Å². The smallest absolute Gasteiger partial charge is 0.226 e. The Morgan fingerprint density at radius 3 is 2.48 bits per heavy atom. The van der Waals surface area contributed by atoms with Gasteiger partial charge in [-0.05, 0) is 24.3 Å². The number of thioether (sulfide) groups is 1. The summed E-state index contributed by atoms with van der Waals surface area (Å²) in [4.78, 5) is 10.1. The van der Waals surface area contributed by atoms with E-state index in [0.717, 1.165) is 23.8 Å². The van der Waals surface area contributed by atoms with Crippen molar-refractivity contribution in [3.8, 4) is 11.5 Å². The normalized spacial score (nSPS) is 12.6. The lowest BCUT2D eigenvalue weighted by atomic mass is 10.2. The third-order valence-corrected chi connectivity index (χ3v) is 4.98. The zero-order chi connectivity index (χ0) is 18.9. The lowest BCUT2D eigenvalue weighted by Gasteiger charge is -2.15. The summed E-state index contributed by atoms with van der Waals surface area (Å²) in [6.45, 7) is 3.56. The number of nitrogens with one attached hydrogen (secondary N) is 2. The molecule has 5 nitrogen and oxygen atoms in total. The summed E-state index contributed by atoms with van der Waals surface area (Å²) in [5.41, 5.74) is 1.81. The summed E-state index contributed by atoms with van der Waals surface area (Å²) in [6, 6.07) is 20.3. The Balaban J connectivity index is 1.46. The number of hydrogen-bond donors (Lipinski definition) is 2. The molecular formula is C21H24N4OS. The summed E-state index contributed by atoms with van der Waals surface area (Å²) < 4.78 is 5.57. The minimum atomic E-state index is 0.419. The predicted octanol–water partition coefficient (Wildman–Crippen LogP) is 4.19. The average Bonchev–Trinajstić information content (AvgIpc) is 3.19. The zero-order valence-corrected chi connectivity index (χ0v) is 16.4. The molecule has 6 heteroatoms. The Bertz CT molecular complexity index is 849. The maximum absolute atomic E-state index is 5.57. The van der Waals surface area contributed by atoms with Crippen LogP contribution >= 0.6 is 11.8 Å². The van der Waals surface area contributed by atoms with E-state index in [4.69, 9.17) is 4.42 Å². The monoisotopic (exact) mass is 380 g/mol. The SMILES string of the molecule is CN=C(NCc1coc(-c2ccccc2)n1)NCC(C)Sc1ccccc1. The minimum Gasteiger partial charge on any atom is -0.444 e. The first kappa shape index (κ1) is 19.0. The first-order chi connectivity index (χ1) is 13.2. The Morgan fingerprint density at radius 1 is 1.07 bits per heavy atom. The van der Waals surface area contributed by atoms with Crippen LogP contribution in [0.5, 0.6) is 0 Å². The van der Waals surface area contributed by atoms with Crippen LogP contribution in [0.25, 0.3) is 11.5 Å². The number of aromatic nitrogens is 1. The number of rotatable bonds is 7. The van der Waals surface area contributed by atoms with Gasteiger partial charge in [-0.3, -0.25) is 4.99 Å². The number of benzene rings is 2. The first-order valence-electron chi connectivity index (χ1n) is 8.90. The molecule has 3 rings (SSSR count). The fourth-order valence-corrected chi connectivity index (χ4v) is 3.46. The van der Waals surface area contributed by atoms with Crippen LogP contribution in [0, 0.1) is 0 Å². The number of aliphatic imine (C=N–C) groups is 1. The Labute approximate surface area is 164 Å². The van der Waals surface area contributed by atoms with Crippen molar-refractivity contribution in [3.05, 3.63) is 72.6 Å². The number of hydrogen-bond acceptors (Lipinski definition) is 4. The lowest BCUT2D eigenvalue weighted by Crippen LogP contribution is -2.39. The Kier molecular flexibility index (Phi) is 6.93. The second kappa shape index (κ2) is 9.83. The summed E-state index contributed by atoms with van der Waals surface area (Å²) in [7, 11) is 1.77. The van der Waals surface area contributed by atoms with Crippen LogP contribution in [0.4, 0.5) is 0 Å². The van der Waals surface area contributed by atoms with Crippen molar-refractivity contribution in [2.75, 3.05) is 13.6 Å². The molecule has 0 amide bonds. The summed E-state index contributed by atoms with van der Waals surface area (Å²) in [6.07, 6.45) is 1.68. The highest BCUT2D eigenvalue weighted by Gasteiger charge is 2.08. The molecule has 2 N–H and O–H groups in total. The van der Waals surface area contributed by atoms with E-state index in [9.17, 15) is 0 Å². The highest BCUT2D eigenvalue weighted by molar-refractivity contribution is 8.00. The van der Waals surface area contributed by atoms with Gasteiger partial charge in [-0.15, -0.1) is 11.8 Å². The standard InChI is InChI=1S/C21H24N4OS/c1-16(27-19-11-7-4-8-12-19)13-23-21(22-2)24-14-18-15-26-20(25-18)17-9-5-3-6-10-17/h3-12,15-16H,13-14H2,1-2H3,(H2,22,23,24). The van der Waals surface area contributed by atoms with Crippen LogP contribution < -0.4 is 10.6 Å². The van der Waals surface area contributed by atoms with E-state index in [1.54, 1.807) is 13.3 Å². The molecule has 0 bridgehead atoms. The molecule has 0 aliphatic carbocycles. The van der Waals surface area contributed by atoms with Gasteiger partial charge in [0.1, 0.15) is 6.26 Å². The molecule has 0 saturated heterocycles. The summed E-state index contributed by atoms with van der Waals surface area (Å²) >= 11 is 1.84. The van der Waals surface area contributed by atoms with Crippen molar-refractivity contribution in [2.45, 2.75) is 23.6 Å². The third kappa shape index (κ3) is 5.89. The molecule has 0 saturated carbocycles. The predicted molar refractivity (Wildman–Crippen MR) is 112 cm³/mol. The van der Waals surface area contributed by atoms with Gasteiger partial charge >= 0.3 is 0 Å². The highest BCUT2D eigenvalue weighted by atomic mass is 32.2. The molecule has 1 atom stereocenters. The van der Waals surface area contributed by atoms with E-state index in [-0.39, 0.29) is 0 Å². The van der Waals surface area contributed by atoms with Crippen LogP contribution in [-0.2, 0) is 6.54 Å². The van der Waals surface area contributed by atoms with Gasteiger partial charge in [0.15, 0.2) is 5.96 Å². The molecule has 27 heavy (non-hydrogen) atoms. The topological polar surface area (TPSA) is 62.5 Å². The Morgan fingerprint density at radius 2 is 1.78 bits per heavy atom. The van der Waals surface area contributed by atoms with E-state index in [1.165, 1.54) is 4.90 Å². The van der Waals surface area contributed by atoms with Crippen molar-refractivity contribution < 1.29 is 4.42 Å². The highest BCUT2D eigenvalue weighted by Crippen LogP contribution is 2.22. The van der Waals surface area contributed by atoms with Crippen molar-refractivity contribution in [3.63, 3.8) is 0 Å². The zero-order valence-electron chi connectivity index (χ0n) is 15.6. The second-order valence-electron chi connectivity index (χ2n) is 6.06. The molecule has 0 aliphatic heterocycles. The summed E-state index contributed by atoms with van der Waals surface area (Å²) in [5, 5.41) is 7.05. The summed E-state index contributed by atoms with van der Waals surface area (Å²) in [5.74, 6) is 1.38. The molecule has 2 aromatic carbocycles. The van der Waals surface area contributed by atoms with Crippen LogP contribution in [0.1, 0.15) is 12.6 Å². The molecular weight excluding hydrogens is 356 g/mol. The third-order valence-electron chi connectivity index (χ3n) is 3.87. The van der Waals surface area contributed by atoms with Gasteiger partial charge in [0.2, 0.25) is 5.89 Å². The van der Waals surface area contributed by atoms with Crippen LogP contribution in [0.2, 0.25) is 0 Å². The largest absolute Gasteiger partial charge is 0.444 e. The lowest BCUT2D eigenvalue weighted by molar-refractivity contribution is 0.572. The van der Waals surface area contributed by atoms with Gasteiger partial charge in [0, 0.05) is 29.3 Å². The van der Waals surface area contributed by atoms with E-state index in [0.29, 0.717) is 17.7 Å². The minimum absolute atomic E-state index is 0.419. The molecule has 1 heterocycles. The molecule has 140 valence electrons. The van der Waals surface area contributed by atoms with Gasteiger partial charge in [0.05, 0.1) is 12.2 Å². The van der Waals surface area contributed by atoms with Gasteiger partial charge in [-0.25, -0.2) is 4.98 Å². The van der Waals surface area contributed by atoms with E-state index < -0.39 is 0 Å². The van der Waals surface area contributed by atoms with E-state index >= 15 is 0 Å². The van der Waals surface area contributed by atoms with Gasteiger partial charge < -0.3 is 15.1 Å². The Hall–Kier alpha value is -2.73. The molecule has 1 aromatic heterocycles. The molecule has 0 aliphatic rings.